The average molecular weight is 320 g/mol. The first-order valence-electron chi connectivity index (χ1n) is 8.70. The monoisotopic (exact) mass is 320 g/mol. The first-order valence-corrected chi connectivity index (χ1v) is 8.70. The van der Waals surface area contributed by atoms with Crippen LogP contribution in [0.3, 0.4) is 0 Å². The molecule has 3 nitrogen and oxygen atoms in total. The van der Waals surface area contributed by atoms with Gasteiger partial charge in [-0.25, -0.2) is 0 Å². The Labute approximate surface area is 141 Å². The third-order valence-electron chi connectivity index (χ3n) is 3.30. The zero-order valence-corrected chi connectivity index (χ0v) is 14.4. The van der Waals surface area contributed by atoms with Gasteiger partial charge in [-0.15, -0.1) is 0 Å². The van der Waals surface area contributed by atoms with Gasteiger partial charge in [-0.05, 0) is 38.5 Å². The molecule has 1 atom stereocenters. The van der Waals surface area contributed by atoms with Gasteiger partial charge >= 0.3 is 5.97 Å². The van der Waals surface area contributed by atoms with Crippen molar-refractivity contribution in [3.05, 3.63) is 48.6 Å². The molecule has 0 aromatic carbocycles. The van der Waals surface area contributed by atoms with Gasteiger partial charge in [0.1, 0.15) is 0 Å². The summed E-state index contributed by atoms with van der Waals surface area (Å²) in [5.74, 6) is -0.738. The molecule has 23 heavy (non-hydrogen) atoms. The maximum Gasteiger partial charge on any atom is 0.303 e. The number of aliphatic hydroxyl groups excluding tert-OH is 1. The fraction of sp³-hybridized carbons (Fsp3) is 0.550. The maximum atomic E-state index is 10.3. The molecule has 130 valence electrons. The summed E-state index contributed by atoms with van der Waals surface area (Å²) in [4.78, 5) is 10.3. The van der Waals surface area contributed by atoms with Crippen LogP contribution < -0.4 is 0 Å². The predicted molar refractivity (Wildman–Crippen MR) is 97.4 cm³/mol. The molecule has 0 radical (unpaired) electrons. The standard InChI is InChI=1S/C20H32O3/c1-2-3-4-5-10-13-16-19(21)17-14-11-8-6-7-9-12-15-18-20(22)23/h7-11,13-14,17,19,21H,2-6,12,15-16,18H2,1H3,(H,22,23)/b9-7+,11-8-,13-10-,17-14-/t19-/m0/s1. The minimum Gasteiger partial charge on any atom is -0.481 e. The highest BCUT2D eigenvalue weighted by Gasteiger charge is 1.93. The highest BCUT2D eigenvalue weighted by molar-refractivity contribution is 5.66. The van der Waals surface area contributed by atoms with E-state index >= 15 is 0 Å². The fourth-order valence-electron chi connectivity index (χ4n) is 1.96. The molecular weight excluding hydrogens is 288 g/mol. The Bertz CT molecular complexity index is 392. The van der Waals surface area contributed by atoms with Crippen LogP contribution >= 0.6 is 0 Å². The molecule has 0 aromatic heterocycles. The van der Waals surface area contributed by atoms with E-state index in [1.54, 1.807) is 6.08 Å². The molecule has 0 unspecified atom stereocenters. The Balaban J connectivity index is 3.62. The summed E-state index contributed by atoms with van der Waals surface area (Å²) >= 11 is 0. The molecule has 0 fully saturated rings. The van der Waals surface area contributed by atoms with Crippen LogP contribution in [0.5, 0.6) is 0 Å². The lowest BCUT2D eigenvalue weighted by atomic mass is 10.1. The second-order valence-electron chi connectivity index (χ2n) is 5.58. The van der Waals surface area contributed by atoms with Gasteiger partial charge in [-0.1, -0.05) is 68.4 Å². The molecule has 0 amide bonds. The van der Waals surface area contributed by atoms with Gasteiger partial charge in [0, 0.05) is 6.42 Å². The zero-order valence-electron chi connectivity index (χ0n) is 14.4. The number of carbonyl (C=O) groups is 1. The molecule has 0 rings (SSSR count). The smallest absolute Gasteiger partial charge is 0.303 e. The van der Waals surface area contributed by atoms with Crippen molar-refractivity contribution in [2.45, 2.75) is 70.8 Å². The molecule has 2 N–H and O–H groups in total. The summed E-state index contributed by atoms with van der Waals surface area (Å²) in [5.41, 5.74) is 0. The number of allylic oxidation sites excluding steroid dienone is 6. The minimum absolute atomic E-state index is 0.230. The molecule has 3 heteroatoms. The lowest BCUT2D eigenvalue weighted by Crippen LogP contribution is -1.98. The van der Waals surface area contributed by atoms with Gasteiger partial charge in [-0.3, -0.25) is 4.79 Å². The van der Waals surface area contributed by atoms with E-state index < -0.39 is 12.1 Å². The number of hydrogen-bond acceptors (Lipinski definition) is 2. The van der Waals surface area contributed by atoms with Crippen LogP contribution in [-0.2, 0) is 4.79 Å². The SMILES string of the molecule is CCCCC/C=C\C[C@H](O)/C=C\C=C/C/C=C/CCCC(=O)O. The van der Waals surface area contributed by atoms with E-state index in [2.05, 4.69) is 13.0 Å². The average Bonchev–Trinajstić information content (AvgIpc) is 2.52. The number of rotatable bonds is 14. The van der Waals surface area contributed by atoms with Gasteiger partial charge in [0.15, 0.2) is 0 Å². The van der Waals surface area contributed by atoms with Crippen LogP contribution in [0.4, 0.5) is 0 Å². The Morgan fingerprint density at radius 2 is 1.70 bits per heavy atom. The van der Waals surface area contributed by atoms with Crippen molar-refractivity contribution in [2.75, 3.05) is 0 Å². The maximum absolute atomic E-state index is 10.3. The number of aliphatic carboxylic acids is 1. The first kappa shape index (κ1) is 21.4. The molecule has 0 aromatic rings. The highest BCUT2D eigenvalue weighted by atomic mass is 16.4. The van der Waals surface area contributed by atoms with E-state index in [0.29, 0.717) is 12.8 Å². The second-order valence-corrected chi connectivity index (χ2v) is 5.58. The number of hydrogen-bond donors (Lipinski definition) is 2. The zero-order chi connectivity index (χ0) is 17.2. The topological polar surface area (TPSA) is 57.5 Å². The molecule has 0 saturated carbocycles. The van der Waals surface area contributed by atoms with Gasteiger partial charge in [0.2, 0.25) is 0 Å². The van der Waals surface area contributed by atoms with Crippen molar-refractivity contribution in [1.29, 1.82) is 0 Å². The van der Waals surface area contributed by atoms with Crippen LogP contribution in [0.2, 0.25) is 0 Å². The van der Waals surface area contributed by atoms with Crippen LogP contribution in [0.1, 0.15) is 64.7 Å². The lowest BCUT2D eigenvalue weighted by Gasteiger charge is -1.99. The van der Waals surface area contributed by atoms with Crippen molar-refractivity contribution < 1.29 is 15.0 Å². The van der Waals surface area contributed by atoms with E-state index in [1.807, 2.05) is 36.5 Å². The minimum atomic E-state index is -0.738. The molecule has 0 bridgehead atoms. The van der Waals surface area contributed by atoms with Gasteiger partial charge in [0.25, 0.3) is 0 Å². The Kier molecular flexibility index (Phi) is 15.6. The third-order valence-corrected chi connectivity index (χ3v) is 3.30. The Morgan fingerprint density at radius 1 is 0.957 bits per heavy atom. The summed E-state index contributed by atoms with van der Waals surface area (Å²) in [6.45, 7) is 2.20. The Morgan fingerprint density at radius 3 is 2.43 bits per heavy atom. The summed E-state index contributed by atoms with van der Waals surface area (Å²) < 4.78 is 0. The van der Waals surface area contributed by atoms with Gasteiger partial charge < -0.3 is 10.2 Å². The van der Waals surface area contributed by atoms with E-state index in [9.17, 15) is 9.90 Å². The first-order chi connectivity index (χ1) is 11.2. The number of carboxylic acid groups (broad SMARTS) is 1. The second kappa shape index (κ2) is 16.8. The van der Waals surface area contributed by atoms with E-state index in [1.165, 1.54) is 19.3 Å². The van der Waals surface area contributed by atoms with Crippen LogP contribution in [-0.4, -0.2) is 22.3 Å². The van der Waals surface area contributed by atoms with Crippen molar-refractivity contribution >= 4 is 5.97 Å². The quantitative estimate of drug-likeness (QED) is 0.263. The van der Waals surface area contributed by atoms with Crippen LogP contribution in [0.15, 0.2) is 48.6 Å². The van der Waals surface area contributed by atoms with E-state index in [4.69, 9.17) is 5.11 Å². The molecular formula is C20H32O3. The van der Waals surface area contributed by atoms with E-state index in [-0.39, 0.29) is 6.42 Å². The van der Waals surface area contributed by atoms with E-state index in [0.717, 1.165) is 19.3 Å². The van der Waals surface area contributed by atoms with Crippen molar-refractivity contribution in [3.8, 4) is 0 Å². The molecule has 0 spiro atoms. The Hall–Kier alpha value is -1.61. The normalized spacial score (nSPS) is 13.8. The number of carboxylic acids is 1. The number of unbranched alkanes of at least 4 members (excludes halogenated alkanes) is 4. The van der Waals surface area contributed by atoms with Crippen molar-refractivity contribution in [3.63, 3.8) is 0 Å². The van der Waals surface area contributed by atoms with Gasteiger partial charge in [-0.2, -0.15) is 0 Å². The van der Waals surface area contributed by atoms with Crippen molar-refractivity contribution in [2.24, 2.45) is 0 Å². The number of aliphatic hydroxyl groups is 1. The molecule has 0 aliphatic carbocycles. The lowest BCUT2D eigenvalue weighted by molar-refractivity contribution is -0.137. The summed E-state index contributed by atoms with van der Waals surface area (Å²) in [6, 6.07) is 0. The highest BCUT2D eigenvalue weighted by Crippen LogP contribution is 2.02. The van der Waals surface area contributed by atoms with Crippen LogP contribution in [0, 0.1) is 0 Å². The predicted octanol–water partition coefficient (Wildman–Crippen LogP) is 5.19. The molecule has 0 aliphatic heterocycles. The van der Waals surface area contributed by atoms with Crippen LogP contribution in [0.25, 0.3) is 0 Å². The fourth-order valence-corrected chi connectivity index (χ4v) is 1.96. The summed E-state index contributed by atoms with van der Waals surface area (Å²) in [6.07, 6.45) is 23.5. The van der Waals surface area contributed by atoms with Gasteiger partial charge in [0.05, 0.1) is 6.10 Å². The summed E-state index contributed by atoms with van der Waals surface area (Å²) in [7, 11) is 0. The van der Waals surface area contributed by atoms with Crippen molar-refractivity contribution in [1.82, 2.24) is 0 Å². The summed E-state index contributed by atoms with van der Waals surface area (Å²) in [5, 5.41) is 18.3. The molecule has 0 heterocycles. The third kappa shape index (κ3) is 18.3. The molecule has 0 saturated heterocycles. The largest absolute Gasteiger partial charge is 0.481 e. The molecule has 0 aliphatic rings.